The van der Waals surface area contributed by atoms with Crippen molar-refractivity contribution >= 4 is 11.9 Å². The summed E-state index contributed by atoms with van der Waals surface area (Å²) in [5.74, 6) is 1.03. The number of hydrogen-bond acceptors (Lipinski definition) is 5. The number of rotatable bonds is 8. The van der Waals surface area contributed by atoms with Gasteiger partial charge in [0.15, 0.2) is 0 Å². The van der Waals surface area contributed by atoms with E-state index in [1.54, 1.807) is 7.11 Å². The first-order valence-corrected chi connectivity index (χ1v) is 12.2. The third-order valence-corrected chi connectivity index (χ3v) is 7.37. The molecule has 3 heterocycles. The highest BCUT2D eigenvalue weighted by atomic mass is 16.5. The molecule has 34 heavy (non-hydrogen) atoms. The maximum atomic E-state index is 13.7. The Balaban J connectivity index is 1.50. The van der Waals surface area contributed by atoms with Gasteiger partial charge < -0.3 is 9.64 Å². The van der Waals surface area contributed by atoms with E-state index in [9.17, 15) is 9.59 Å². The molecule has 8 nitrogen and oxygen atoms in total. The van der Waals surface area contributed by atoms with Crippen LogP contribution in [0.3, 0.4) is 0 Å². The van der Waals surface area contributed by atoms with Crippen molar-refractivity contribution in [1.29, 1.82) is 0 Å². The molecular weight excluding hydrogens is 430 g/mol. The van der Waals surface area contributed by atoms with Crippen molar-refractivity contribution in [2.75, 3.05) is 33.3 Å². The van der Waals surface area contributed by atoms with Crippen LogP contribution in [-0.4, -0.2) is 75.2 Å². The number of carbonyl (C=O) groups is 2. The summed E-state index contributed by atoms with van der Waals surface area (Å²) < 4.78 is 7.15. The van der Waals surface area contributed by atoms with E-state index in [-0.39, 0.29) is 17.9 Å². The smallest absolute Gasteiger partial charge is 0.327 e. The zero-order valence-electron chi connectivity index (χ0n) is 21.1. The van der Waals surface area contributed by atoms with E-state index < -0.39 is 5.54 Å². The number of piperidine rings is 1. The SMILES string of the molecule is COc1ccc(CCN2C(=O)N(CC(C)C)C(=O)C23CCN(Cc2cnn(C)c2C)CC3)cc1. The maximum Gasteiger partial charge on any atom is 0.327 e. The highest BCUT2D eigenvalue weighted by Crippen LogP contribution is 2.38. The minimum atomic E-state index is -0.737. The molecule has 0 N–H and O–H groups in total. The average molecular weight is 468 g/mol. The first kappa shape index (κ1) is 24.3. The first-order chi connectivity index (χ1) is 16.2. The number of imide groups is 1. The van der Waals surface area contributed by atoms with E-state index >= 15 is 0 Å². The van der Waals surface area contributed by atoms with Crippen LogP contribution in [0.25, 0.3) is 0 Å². The Kier molecular flexibility index (Phi) is 6.98. The molecule has 8 heteroatoms. The van der Waals surface area contributed by atoms with Crippen molar-refractivity contribution in [3.8, 4) is 5.75 Å². The molecule has 2 aromatic rings. The fraction of sp³-hybridized carbons (Fsp3) is 0.577. The molecule has 184 valence electrons. The van der Waals surface area contributed by atoms with Crippen LogP contribution in [0.4, 0.5) is 4.79 Å². The molecule has 0 aliphatic carbocycles. The van der Waals surface area contributed by atoms with E-state index in [2.05, 4.69) is 16.9 Å². The molecule has 3 amide bonds. The Morgan fingerprint density at radius 3 is 2.35 bits per heavy atom. The minimum absolute atomic E-state index is 0.0156. The van der Waals surface area contributed by atoms with Gasteiger partial charge in [-0.2, -0.15) is 5.10 Å². The Labute approximate surface area is 202 Å². The van der Waals surface area contributed by atoms with Gasteiger partial charge in [-0.05, 0) is 49.8 Å². The molecule has 0 unspecified atom stereocenters. The fourth-order valence-electron chi connectivity index (χ4n) is 5.16. The van der Waals surface area contributed by atoms with Gasteiger partial charge in [-0.3, -0.25) is 19.3 Å². The van der Waals surface area contributed by atoms with Gasteiger partial charge >= 0.3 is 6.03 Å². The standard InChI is InChI=1S/C26H37N5O3/c1-19(2)17-30-24(32)26(11-14-29(15-12-26)18-22-16-27-28(4)20(22)3)31(25(30)33)13-10-21-6-8-23(34-5)9-7-21/h6-9,16,19H,10-15,17-18H2,1-5H3. The summed E-state index contributed by atoms with van der Waals surface area (Å²) in [5.41, 5.74) is 2.77. The van der Waals surface area contributed by atoms with Crippen molar-refractivity contribution in [3.63, 3.8) is 0 Å². The number of methoxy groups -OCH3 is 1. The van der Waals surface area contributed by atoms with Crippen LogP contribution >= 0.6 is 0 Å². The Morgan fingerprint density at radius 2 is 1.79 bits per heavy atom. The highest BCUT2D eigenvalue weighted by Gasteiger charge is 2.57. The summed E-state index contributed by atoms with van der Waals surface area (Å²) in [6.07, 6.45) is 3.95. The number of aryl methyl sites for hydroxylation is 1. The second-order valence-corrected chi connectivity index (χ2v) is 10.0. The zero-order valence-corrected chi connectivity index (χ0v) is 21.1. The van der Waals surface area contributed by atoms with Crippen LogP contribution in [0.15, 0.2) is 30.5 Å². The van der Waals surface area contributed by atoms with Gasteiger partial charge in [0.1, 0.15) is 11.3 Å². The molecule has 2 fully saturated rings. The van der Waals surface area contributed by atoms with Gasteiger partial charge in [0.05, 0.1) is 13.3 Å². The van der Waals surface area contributed by atoms with Crippen molar-refractivity contribution in [3.05, 3.63) is 47.3 Å². The van der Waals surface area contributed by atoms with Crippen molar-refractivity contribution in [1.82, 2.24) is 24.5 Å². The van der Waals surface area contributed by atoms with Gasteiger partial charge in [0.2, 0.25) is 0 Å². The van der Waals surface area contributed by atoms with Gasteiger partial charge in [-0.15, -0.1) is 0 Å². The zero-order chi connectivity index (χ0) is 24.5. The van der Waals surface area contributed by atoms with Gasteiger partial charge in [0.25, 0.3) is 5.91 Å². The lowest BCUT2D eigenvalue weighted by Crippen LogP contribution is -2.56. The predicted molar refractivity (Wildman–Crippen MR) is 131 cm³/mol. The van der Waals surface area contributed by atoms with Gasteiger partial charge in [0, 0.05) is 51.0 Å². The van der Waals surface area contributed by atoms with E-state index in [4.69, 9.17) is 4.74 Å². The summed E-state index contributed by atoms with van der Waals surface area (Å²) in [6, 6.07) is 7.79. The summed E-state index contributed by atoms with van der Waals surface area (Å²) in [7, 11) is 3.61. The molecule has 4 rings (SSSR count). The molecule has 1 aromatic heterocycles. The predicted octanol–water partition coefficient (Wildman–Crippen LogP) is 3.23. The summed E-state index contributed by atoms with van der Waals surface area (Å²) in [4.78, 5) is 32.9. The molecule has 2 aliphatic rings. The minimum Gasteiger partial charge on any atom is -0.497 e. The second kappa shape index (κ2) is 9.78. The lowest BCUT2D eigenvalue weighted by Gasteiger charge is -2.42. The molecule has 2 saturated heterocycles. The van der Waals surface area contributed by atoms with Gasteiger partial charge in [-0.25, -0.2) is 4.79 Å². The Hall–Kier alpha value is -2.87. The maximum absolute atomic E-state index is 13.7. The van der Waals surface area contributed by atoms with Crippen LogP contribution in [-0.2, 0) is 24.8 Å². The number of aromatic nitrogens is 2. The molecule has 0 saturated carbocycles. The molecule has 1 aromatic carbocycles. The summed E-state index contributed by atoms with van der Waals surface area (Å²) in [6.45, 7) is 9.56. The Morgan fingerprint density at radius 1 is 1.12 bits per heavy atom. The molecule has 1 spiro atoms. The number of carbonyl (C=O) groups excluding carboxylic acids is 2. The second-order valence-electron chi connectivity index (χ2n) is 10.0. The highest BCUT2D eigenvalue weighted by molar-refractivity contribution is 6.07. The van der Waals surface area contributed by atoms with Crippen LogP contribution in [0.2, 0.25) is 0 Å². The van der Waals surface area contributed by atoms with E-state index in [0.29, 0.717) is 32.4 Å². The molecule has 2 aliphatic heterocycles. The number of amides is 3. The van der Waals surface area contributed by atoms with Crippen LogP contribution in [0.5, 0.6) is 5.75 Å². The number of hydrogen-bond donors (Lipinski definition) is 0. The lowest BCUT2D eigenvalue weighted by molar-refractivity contribution is -0.136. The number of urea groups is 1. The van der Waals surface area contributed by atoms with Crippen molar-refractivity contribution in [2.45, 2.75) is 52.1 Å². The summed E-state index contributed by atoms with van der Waals surface area (Å²) in [5, 5.41) is 4.36. The van der Waals surface area contributed by atoms with Crippen LogP contribution < -0.4 is 4.74 Å². The van der Waals surface area contributed by atoms with Gasteiger partial charge in [-0.1, -0.05) is 26.0 Å². The lowest BCUT2D eigenvalue weighted by atomic mass is 9.85. The molecule has 0 bridgehead atoms. The van der Waals surface area contributed by atoms with Crippen molar-refractivity contribution in [2.24, 2.45) is 13.0 Å². The average Bonchev–Trinajstić information content (AvgIpc) is 3.23. The number of benzene rings is 1. The number of ether oxygens (including phenoxy) is 1. The van der Waals surface area contributed by atoms with Crippen LogP contribution in [0, 0.1) is 12.8 Å². The molecule has 0 radical (unpaired) electrons. The normalized spacial score (nSPS) is 18.5. The van der Waals surface area contributed by atoms with E-state index in [1.165, 1.54) is 10.5 Å². The summed E-state index contributed by atoms with van der Waals surface area (Å²) >= 11 is 0. The number of nitrogens with zero attached hydrogens (tertiary/aromatic N) is 5. The Bertz CT molecular complexity index is 1020. The third kappa shape index (κ3) is 4.56. The van der Waals surface area contributed by atoms with Crippen LogP contribution in [0.1, 0.15) is 43.5 Å². The third-order valence-electron chi connectivity index (χ3n) is 7.37. The van der Waals surface area contributed by atoms with E-state index in [0.717, 1.165) is 36.6 Å². The molecular formula is C26H37N5O3. The monoisotopic (exact) mass is 467 g/mol. The van der Waals surface area contributed by atoms with Crippen molar-refractivity contribution < 1.29 is 14.3 Å². The molecule has 0 atom stereocenters. The van der Waals surface area contributed by atoms with E-state index in [1.807, 2.05) is 60.9 Å². The number of likely N-dealkylation sites (tertiary alicyclic amines) is 1. The largest absolute Gasteiger partial charge is 0.497 e. The first-order valence-electron chi connectivity index (χ1n) is 12.2. The quantitative estimate of drug-likeness (QED) is 0.558. The topological polar surface area (TPSA) is 70.9 Å². The fourth-order valence-corrected chi connectivity index (χ4v) is 5.16.